The first-order valence-electron chi connectivity index (χ1n) is 7.04. The minimum Gasteiger partial charge on any atom is -0.382 e. The molecule has 0 aliphatic heterocycles. The van der Waals surface area contributed by atoms with E-state index in [1.54, 1.807) is 14.0 Å². The Balaban J connectivity index is 3.09. The van der Waals surface area contributed by atoms with E-state index in [9.17, 15) is 0 Å². The summed E-state index contributed by atoms with van der Waals surface area (Å²) in [4.78, 5) is 0. The fraction of sp³-hybridized carbons (Fsp3) is 0.929. The van der Waals surface area contributed by atoms with Crippen LogP contribution in [0.5, 0.6) is 0 Å². The molecule has 0 aliphatic carbocycles. The third kappa shape index (κ3) is 13.7. The van der Waals surface area contributed by atoms with Gasteiger partial charge in [0.2, 0.25) is 0 Å². The smallest absolute Gasteiger partial charge is 0.101 e. The molecule has 0 rings (SSSR count). The number of nitrogens with two attached hydrogens (primary N) is 1. The Labute approximate surface area is 122 Å². The van der Waals surface area contributed by atoms with Crippen LogP contribution in [0.25, 0.3) is 0 Å². The van der Waals surface area contributed by atoms with Crippen LogP contribution in [0.4, 0.5) is 0 Å². The second-order valence-electron chi connectivity index (χ2n) is 4.82. The molecule has 0 radical (unpaired) electrons. The zero-order valence-corrected chi connectivity index (χ0v) is 12.7. The molecule has 0 saturated carbocycles. The normalized spacial score (nSPS) is 13.9. The van der Waals surface area contributed by atoms with Crippen LogP contribution in [0.3, 0.4) is 0 Å². The Morgan fingerprint density at radius 3 is 1.90 bits per heavy atom. The molecule has 0 aliphatic rings. The van der Waals surface area contributed by atoms with Gasteiger partial charge in [-0.1, -0.05) is 0 Å². The van der Waals surface area contributed by atoms with Gasteiger partial charge in [0.15, 0.2) is 0 Å². The van der Waals surface area contributed by atoms with Crippen LogP contribution >= 0.6 is 0 Å². The second kappa shape index (κ2) is 13.3. The van der Waals surface area contributed by atoms with Crippen LogP contribution in [0.2, 0.25) is 0 Å². The lowest BCUT2D eigenvalue weighted by molar-refractivity contribution is 0.00319. The molecule has 0 amide bonds. The Bertz CT molecular complexity index is 254. The van der Waals surface area contributed by atoms with Crippen molar-refractivity contribution in [1.29, 1.82) is 5.26 Å². The van der Waals surface area contributed by atoms with Crippen molar-refractivity contribution in [1.82, 2.24) is 0 Å². The van der Waals surface area contributed by atoms with Crippen molar-refractivity contribution >= 4 is 0 Å². The molecule has 1 atom stereocenters. The molecule has 20 heavy (non-hydrogen) atoms. The summed E-state index contributed by atoms with van der Waals surface area (Å²) in [6.07, 6.45) is 2.51. The molecule has 0 aromatic carbocycles. The van der Waals surface area contributed by atoms with Crippen molar-refractivity contribution in [3.05, 3.63) is 0 Å². The van der Waals surface area contributed by atoms with Crippen molar-refractivity contribution in [2.75, 3.05) is 53.4 Å². The first-order chi connectivity index (χ1) is 9.62. The first-order valence-corrected chi connectivity index (χ1v) is 7.04. The summed E-state index contributed by atoms with van der Waals surface area (Å²) in [5, 5.41) is 8.75. The third-order valence-electron chi connectivity index (χ3n) is 2.67. The molecule has 0 saturated heterocycles. The van der Waals surface area contributed by atoms with Crippen molar-refractivity contribution in [3.8, 4) is 6.07 Å². The van der Waals surface area contributed by atoms with E-state index in [2.05, 4.69) is 6.07 Å². The van der Waals surface area contributed by atoms with E-state index >= 15 is 0 Å². The number of unbranched alkanes of at least 4 members (excludes halogenated alkanes) is 1. The molecule has 6 nitrogen and oxygen atoms in total. The first kappa shape index (κ1) is 19.3. The average Bonchev–Trinajstić information content (AvgIpc) is 2.44. The summed E-state index contributed by atoms with van der Waals surface area (Å²) in [6, 6.07) is 2.08. The molecule has 0 heterocycles. The zero-order chi connectivity index (χ0) is 15.1. The lowest BCUT2D eigenvalue weighted by Crippen LogP contribution is -2.33. The van der Waals surface area contributed by atoms with Gasteiger partial charge in [-0.2, -0.15) is 5.26 Å². The van der Waals surface area contributed by atoms with Crippen molar-refractivity contribution in [2.45, 2.75) is 31.7 Å². The summed E-state index contributed by atoms with van der Waals surface area (Å²) < 4.78 is 20.9. The molecular formula is C14H28N2O4. The number of nitriles is 1. The quantitative estimate of drug-likeness (QED) is 0.482. The Morgan fingerprint density at radius 1 is 0.900 bits per heavy atom. The minimum absolute atomic E-state index is 0.570. The Kier molecular flexibility index (Phi) is 12.8. The number of rotatable bonds is 14. The summed E-state index contributed by atoms with van der Waals surface area (Å²) >= 11 is 0. The van der Waals surface area contributed by atoms with E-state index in [0.29, 0.717) is 52.7 Å². The predicted octanol–water partition coefficient (Wildman–Crippen LogP) is 1.09. The topological polar surface area (TPSA) is 86.7 Å². The molecule has 0 bridgehead atoms. The fourth-order valence-corrected chi connectivity index (χ4v) is 1.44. The third-order valence-corrected chi connectivity index (χ3v) is 2.67. The van der Waals surface area contributed by atoms with Crippen molar-refractivity contribution < 1.29 is 18.9 Å². The maximum absolute atomic E-state index is 8.75. The maximum Gasteiger partial charge on any atom is 0.101 e. The largest absolute Gasteiger partial charge is 0.382 e. The standard InChI is InChI=1S/C14H28N2O4/c1-14(16,13-15)5-3-4-6-18-9-10-20-12-11-19-8-7-17-2/h3-12,16H2,1-2H3. The van der Waals surface area contributed by atoms with Gasteiger partial charge in [-0.05, 0) is 26.2 Å². The van der Waals surface area contributed by atoms with E-state index in [4.69, 9.17) is 29.9 Å². The SMILES string of the molecule is COCCOCCOCCOCCCCC(C)(N)C#N. The van der Waals surface area contributed by atoms with Gasteiger partial charge in [-0.15, -0.1) is 0 Å². The summed E-state index contributed by atoms with van der Waals surface area (Å²) in [5.74, 6) is 0. The molecule has 1 unspecified atom stereocenters. The molecule has 0 spiro atoms. The number of ether oxygens (including phenoxy) is 4. The van der Waals surface area contributed by atoms with E-state index in [1.807, 2.05) is 0 Å². The average molecular weight is 288 g/mol. The van der Waals surface area contributed by atoms with Crippen LogP contribution in [0.15, 0.2) is 0 Å². The lowest BCUT2D eigenvalue weighted by Gasteiger charge is -2.14. The highest BCUT2D eigenvalue weighted by Crippen LogP contribution is 2.08. The van der Waals surface area contributed by atoms with Crippen LogP contribution in [-0.2, 0) is 18.9 Å². The number of methoxy groups -OCH3 is 1. The lowest BCUT2D eigenvalue weighted by atomic mass is 9.98. The van der Waals surface area contributed by atoms with Gasteiger partial charge < -0.3 is 24.7 Å². The molecule has 118 valence electrons. The van der Waals surface area contributed by atoms with Crippen LogP contribution < -0.4 is 5.73 Å². The molecular weight excluding hydrogens is 260 g/mol. The number of nitrogens with zero attached hydrogens (tertiary/aromatic N) is 1. The fourth-order valence-electron chi connectivity index (χ4n) is 1.44. The highest BCUT2D eigenvalue weighted by atomic mass is 16.6. The monoisotopic (exact) mass is 288 g/mol. The Morgan fingerprint density at radius 2 is 1.40 bits per heavy atom. The van der Waals surface area contributed by atoms with Crippen LogP contribution in [0.1, 0.15) is 26.2 Å². The van der Waals surface area contributed by atoms with E-state index < -0.39 is 5.54 Å². The molecule has 6 heteroatoms. The van der Waals surface area contributed by atoms with Gasteiger partial charge in [0, 0.05) is 13.7 Å². The van der Waals surface area contributed by atoms with Gasteiger partial charge in [0.1, 0.15) is 5.54 Å². The van der Waals surface area contributed by atoms with Gasteiger partial charge in [0.25, 0.3) is 0 Å². The molecule has 0 aromatic heterocycles. The second-order valence-corrected chi connectivity index (χ2v) is 4.82. The van der Waals surface area contributed by atoms with E-state index in [0.717, 1.165) is 12.8 Å². The highest BCUT2D eigenvalue weighted by Gasteiger charge is 2.15. The number of hydrogen-bond donors (Lipinski definition) is 1. The summed E-state index contributed by atoms with van der Waals surface area (Å²) in [7, 11) is 1.64. The maximum atomic E-state index is 8.75. The zero-order valence-electron chi connectivity index (χ0n) is 12.7. The summed E-state index contributed by atoms with van der Waals surface area (Å²) in [5.41, 5.74) is 5.00. The van der Waals surface area contributed by atoms with Gasteiger partial charge >= 0.3 is 0 Å². The van der Waals surface area contributed by atoms with Crippen LogP contribution in [-0.4, -0.2) is 58.9 Å². The van der Waals surface area contributed by atoms with Crippen molar-refractivity contribution in [3.63, 3.8) is 0 Å². The van der Waals surface area contributed by atoms with Gasteiger partial charge in [-0.25, -0.2) is 0 Å². The Hall–Kier alpha value is -0.710. The van der Waals surface area contributed by atoms with Gasteiger partial charge in [-0.3, -0.25) is 0 Å². The summed E-state index contributed by atoms with van der Waals surface area (Å²) in [6.45, 7) is 5.92. The highest BCUT2D eigenvalue weighted by molar-refractivity contribution is 5.00. The molecule has 0 aromatic rings. The van der Waals surface area contributed by atoms with Gasteiger partial charge in [0.05, 0.1) is 45.7 Å². The van der Waals surface area contributed by atoms with E-state index in [-0.39, 0.29) is 0 Å². The molecule has 0 fully saturated rings. The predicted molar refractivity (Wildman–Crippen MR) is 76.4 cm³/mol. The van der Waals surface area contributed by atoms with Crippen LogP contribution in [0, 0.1) is 11.3 Å². The minimum atomic E-state index is -0.716. The number of hydrogen-bond acceptors (Lipinski definition) is 6. The molecule has 2 N–H and O–H groups in total. The van der Waals surface area contributed by atoms with Crippen molar-refractivity contribution in [2.24, 2.45) is 5.73 Å². The van der Waals surface area contributed by atoms with E-state index in [1.165, 1.54) is 0 Å².